The molecule has 0 unspecified atom stereocenters. The fraction of sp³-hybridized carbons (Fsp3) is 0.458. The highest BCUT2D eigenvalue weighted by Crippen LogP contribution is 2.30. The van der Waals surface area contributed by atoms with Crippen LogP contribution >= 0.6 is 0 Å². The zero-order valence-electron chi connectivity index (χ0n) is 19.0. The van der Waals surface area contributed by atoms with E-state index in [1.165, 1.54) is 5.56 Å². The minimum atomic E-state index is 0.382. The molecule has 2 aromatic rings. The Kier molecular flexibility index (Phi) is 8.27. The Balaban J connectivity index is 1.42. The van der Waals surface area contributed by atoms with Gasteiger partial charge in [0.15, 0.2) is 5.96 Å². The van der Waals surface area contributed by atoms with Gasteiger partial charge in [0.25, 0.3) is 0 Å². The summed E-state index contributed by atoms with van der Waals surface area (Å²) in [7, 11) is 5.16. The van der Waals surface area contributed by atoms with Crippen LogP contribution in [0.15, 0.2) is 47.5 Å². The van der Waals surface area contributed by atoms with E-state index in [4.69, 9.17) is 14.2 Å². The molecule has 0 bridgehead atoms. The Morgan fingerprint density at radius 2 is 1.65 bits per heavy atom. The van der Waals surface area contributed by atoms with Gasteiger partial charge >= 0.3 is 0 Å². The molecular formula is C24H34N4O3. The van der Waals surface area contributed by atoms with E-state index in [2.05, 4.69) is 51.7 Å². The van der Waals surface area contributed by atoms with Crippen molar-refractivity contribution in [3.8, 4) is 17.2 Å². The summed E-state index contributed by atoms with van der Waals surface area (Å²) in [5.41, 5.74) is 2.36. The number of hydrogen-bond donors (Lipinski definition) is 2. The quantitative estimate of drug-likeness (QED) is 0.384. The van der Waals surface area contributed by atoms with Crippen LogP contribution < -0.4 is 29.7 Å². The Hall–Kier alpha value is -3.09. The summed E-state index contributed by atoms with van der Waals surface area (Å²) in [5, 5.41) is 6.87. The maximum Gasteiger partial charge on any atom is 0.191 e. The minimum absolute atomic E-state index is 0.382. The van der Waals surface area contributed by atoms with Crippen LogP contribution in [0.1, 0.15) is 18.4 Å². The first-order chi connectivity index (χ1) is 15.1. The first-order valence-corrected chi connectivity index (χ1v) is 10.8. The summed E-state index contributed by atoms with van der Waals surface area (Å²) in [5.74, 6) is 3.32. The van der Waals surface area contributed by atoms with Gasteiger partial charge in [-0.25, -0.2) is 0 Å². The first kappa shape index (κ1) is 22.6. The minimum Gasteiger partial charge on any atom is -0.497 e. The third kappa shape index (κ3) is 6.70. The molecule has 0 atom stereocenters. The van der Waals surface area contributed by atoms with Crippen LogP contribution in [0.2, 0.25) is 0 Å². The third-order valence-corrected chi connectivity index (χ3v) is 5.44. The molecule has 1 aliphatic rings. The molecule has 1 fully saturated rings. The molecule has 0 radical (unpaired) electrons. The van der Waals surface area contributed by atoms with E-state index in [0.29, 0.717) is 19.2 Å². The Morgan fingerprint density at radius 3 is 2.23 bits per heavy atom. The maximum absolute atomic E-state index is 5.77. The lowest BCUT2D eigenvalue weighted by Crippen LogP contribution is -2.49. The number of methoxy groups -OCH3 is 2. The number of hydrogen-bond acceptors (Lipinski definition) is 5. The zero-order valence-corrected chi connectivity index (χ0v) is 19.0. The van der Waals surface area contributed by atoms with Gasteiger partial charge in [-0.3, -0.25) is 4.99 Å². The van der Waals surface area contributed by atoms with E-state index in [-0.39, 0.29) is 0 Å². The van der Waals surface area contributed by atoms with Gasteiger partial charge in [0, 0.05) is 50.1 Å². The molecule has 31 heavy (non-hydrogen) atoms. The number of guanidine groups is 1. The molecule has 3 rings (SSSR count). The second-order valence-electron chi connectivity index (χ2n) is 7.64. The highest BCUT2D eigenvalue weighted by Gasteiger charge is 2.21. The molecule has 2 aromatic carbocycles. The molecule has 2 N–H and O–H groups in total. The standard InChI is InChI=1S/C24H34N4O3/c1-18-5-7-21(8-6-18)31-14-11-26-24(25-2)27-19-9-12-28(13-10-19)20-15-22(29-3)17-23(16-20)30-4/h5-8,15-17,19H,9-14H2,1-4H3,(H2,25,26,27). The molecule has 0 saturated carbocycles. The average Bonchev–Trinajstić information content (AvgIpc) is 2.82. The number of aliphatic imine (C=N–C) groups is 1. The summed E-state index contributed by atoms with van der Waals surface area (Å²) >= 11 is 0. The van der Waals surface area contributed by atoms with Crippen molar-refractivity contribution in [1.82, 2.24) is 10.6 Å². The lowest BCUT2D eigenvalue weighted by atomic mass is 10.0. The lowest BCUT2D eigenvalue weighted by molar-refractivity contribution is 0.321. The van der Waals surface area contributed by atoms with Gasteiger partial charge in [0.05, 0.1) is 20.8 Å². The van der Waals surface area contributed by atoms with Crippen LogP contribution in [0.5, 0.6) is 17.2 Å². The maximum atomic E-state index is 5.77. The molecule has 7 heteroatoms. The first-order valence-electron chi connectivity index (χ1n) is 10.8. The average molecular weight is 427 g/mol. The van der Waals surface area contributed by atoms with Crippen LogP contribution in [0.3, 0.4) is 0 Å². The molecule has 0 aromatic heterocycles. The van der Waals surface area contributed by atoms with Crippen molar-refractivity contribution in [2.45, 2.75) is 25.8 Å². The summed E-state index contributed by atoms with van der Waals surface area (Å²) in [4.78, 5) is 6.72. The van der Waals surface area contributed by atoms with Crippen molar-refractivity contribution in [1.29, 1.82) is 0 Å². The van der Waals surface area contributed by atoms with E-state index in [1.807, 2.05) is 18.2 Å². The normalized spacial score (nSPS) is 14.8. The van der Waals surface area contributed by atoms with Gasteiger partial charge in [0.2, 0.25) is 0 Å². The van der Waals surface area contributed by atoms with Gasteiger partial charge < -0.3 is 29.7 Å². The predicted molar refractivity (Wildman–Crippen MR) is 126 cm³/mol. The monoisotopic (exact) mass is 426 g/mol. The molecule has 0 aliphatic carbocycles. The Labute approximate surface area is 185 Å². The number of rotatable bonds is 8. The van der Waals surface area contributed by atoms with E-state index >= 15 is 0 Å². The highest BCUT2D eigenvalue weighted by atomic mass is 16.5. The number of ether oxygens (including phenoxy) is 3. The van der Waals surface area contributed by atoms with Crippen LogP contribution in [0.25, 0.3) is 0 Å². The van der Waals surface area contributed by atoms with Crippen molar-refractivity contribution in [3.05, 3.63) is 48.0 Å². The van der Waals surface area contributed by atoms with Gasteiger partial charge in [-0.15, -0.1) is 0 Å². The Bertz CT molecular complexity index is 824. The van der Waals surface area contributed by atoms with Gasteiger partial charge in [-0.2, -0.15) is 0 Å². The molecule has 0 spiro atoms. The number of benzene rings is 2. The van der Waals surface area contributed by atoms with Crippen molar-refractivity contribution in [3.63, 3.8) is 0 Å². The van der Waals surface area contributed by atoms with Crippen molar-refractivity contribution < 1.29 is 14.2 Å². The van der Waals surface area contributed by atoms with Crippen LogP contribution in [0.4, 0.5) is 5.69 Å². The molecule has 7 nitrogen and oxygen atoms in total. The van der Waals surface area contributed by atoms with Gasteiger partial charge in [-0.1, -0.05) is 17.7 Å². The smallest absolute Gasteiger partial charge is 0.191 e. The van der Waals surface area contributed by atoms with E-state index < -0.39 is 0 Å². The number of anilines is 1. The van der Waals surface area contributed by atoms with E-state index in [0.717, 1.165) is 54.8 Å². The molecular weight excluding hydrogens is 392 g/mol. The van der Waals surface area contributed by atoms with Crippen LogP contribution in [0, 0.1) is 6.92 Å². The molecule has 1 saturated heterocycles. The second kappa shape index (κ2) is 11.3. The number of aryl methyl sites for hydroxylation is 1. The van der Waals surface area contributed by atoms with Gasteiger partial charge in [-0.05, 0) is 31.9 Å². The van der Waals surface area contributed by atoms with E-state index in [9.17, 15) is 0 Å². The molecule has 1 heterocycles. The number of nitrogens with one attached hydrogen (secondary N) is 2. The van der Waals surface area contributed by atoms with Crippen LogP contribution in [-0.4, -0.2) is 59.5 Å². The summed E-state index contributed by atoms with van der Waals surface area (Å²) in [6, 6.07) is 14.5. The lowest BCUT2D eigenvalue weighted by Gasteiger charge is -2.34. The summed E-state index contributed by atoms with van der Waals surface area (Å²) in [6.07, 6.45) is 2.06. The summed E-state index contributed by atoms with van der Waals surface area (Å²) in [6.45, 7) is 5.26. The predicted octanol–water partition coefficient (Wildman–Crippen LogP) is 3.23. The molecule has 0 amide bonds. The number of piperidine rings is 1. The van der Waals surface area contributed by atoms with Crippen molar-refractivity contribution >= 4 is 11.6 Å². The topological polar surface area (TPSA) is 67.4 Å². The highest BCUT2D eigenvalue weighted by molar-refractivity contribution is 5.80. The second-order valence-corrected chi connectivity index (χ2v) is 7.64. The molecule has 168 valence electrons. The van der Waals surface area contributed by atoms with Crippen LogP contribution in [-0.2, 0) is 0 Å². The fourth-order valence-electron chi connectivity index (χ4n) is 3.62. The molecule has 1 aliphatic heterocycles. The fourth-order valence-corrected chi connectivity index (χ4v) is 3.62. The Morgan fingerprint density at radius 1 is 1.00 bits per heavy atom. The van der Waals surface area contributed by atoms with Crippen molar-refractivity contribution in [2.75, 3.05) is 52.4 Å². The van der Waals surface area contributed by atoms with E-state index in [1.54, 1.807) is 21.3 Å². The zero-order chi connectivity index (χ0) is 22.1. The SMILES string of the molecule is CN=C(NCCOc1ccc(C)cc1)NC1CCN(c2cc(OC)cc(OC)c2)CC1. The van der Waals surface area contributed by atoms with Crippen molar-refractivity contribution in [2.24, 2.45) is 4.99 Å². The number of nitrogens with zero attached hydrogens (tertiary/aromatic N) is 2. The van der Waals surface area contributed by atoms with Gasteiger partial charge in [0.1, 0.15) is 23.9 Å². The largest absolute Gasteiger partial charge is 0.497 e. The summed E-state index contributed by atoms with van der Waals surface area (Å²) < 4.78 is 16.6. The third-order valence-electron chi connectivity index (χ3n) is 5.44.